The normalized spacial score (nSPS) is 13.5. The molecule has 1 aromatic carbocycles. The van der Waals surface area contributed by atoms with Crippen LogP contribution < -0.4 is 5.32 Å². The molecule has 1 N–H and O–H groups in total. The summed E-state index contributed by atoms with van der Waals surface area (Å²) in [7, 11) is 1.65. The van der Waals surface area contributed by atoms with Gasteiger partial charge in [-0.05, 0) is 31.9 Å². The maximum absolute atomic E-state index is 14.1. The van der Waals surface area contributed by atoms with Crippen molar-refractivity contribution in [2.24, 2.45) is 0 Å². The SMILES string of the molecule is CCCNC(c1ccc(F)cc1F)C(CC)(CC)OC. The quantitative estimate of drug-likeness (QED) is 0.772. The molecule has 0 amide bonds. The van der Waals surface area contributed by atoms with E-state index in [-0.39, 0.29) is 6.04 Å². The highest BCUT2D eigenvalue weighted by molar-refractivity contribution is 5.25. The Kier molecular flexibility index (Phi) is 6.56. The lowest BCUT2D eigenvalue weighted by atomic mass is 9.83. The van der Waals surface area contributed by atoms with Crippen molar-refractivity contribution >= 4 is 0 Å². The predicted octanol–water partition coefficient (Wildman–Crippen LogP) is 4.21. The Bertz CT molecular complexity index is 411. The first-order valence-corrected chi connectivity index (χ1v) is 7.28. The number of hydrogen-bond acceptors (Lipinski definition) is 2. The molecule has 0 aliphatic carbocycles. The van der Waals surface area contributed by atoms with Gasteiger partial charge in [0.05, 0.1) is 11.6 Å². The molecule has 1 atom stereocenters. The largest absolute Gasteiger partial charge is 0.376 e. The standard InChI is InChI=1S/C16H25F2NO/c1-5-10-19-15(16(6-2,7-3)20-4)13-9-8-12(17)11-14(13)18/h8-9,11,15,19H,5-7,10H2,1-4H3. The lowest BCUT2D eigenvalue weighted by Crippen LogP contribution is -2.45. The Morgan fingerprint density at radius 1 is 1.20 bits per heavy atom. The van der Waals surface area contributed by atoms with Gasteiger partial charge in [0.2, 0.25) is 0 Å². The van der Waals surface area contributed by atoms with Crippen LogP contribution in [-0.2, 0) is 4.74 Å². The van der Waals surface area contributed by atoms with Crippen molar-refractivity contribution in [1.82, 2.24) is 5.32 Å². The number of ether oxygens (including phenoxy) is 1. The molecular formula is C16H25F2NO. The van der Waals surface area contributed by atoms with Gasteiger partial charge in [-0.25, -0.2) is 8.78 Å². The summed E-state index contributed by atoms with van der Waals surface area (Å²) in [4.78, 5) is 0. The first kappa shape index (κ1) is 17.1. The maximum atomic E-state index is 14.1. The summed E-state index contributed by atoms with van der Waals surface area (Å²) in [6, 6.07) is 3.45. The lowest BCUT2D eigenvalue weighted by Gasteiger charge is -2.39. The van der Waals surface area contributed by atoms with Crippen LogP contribution in [0, 0.1) is 11.6 Å². The second kappa shape index (κ2) is 7.70. The topological polar surface area (TPSA) is 21.3 Å². The molecule has 0 aliphatic heterocycles. The van der Waals surface area contributed by atoms with E-state index in [1.54, 1.807) is 7.11 Å². The summed E-state index contributed by atoms with van der Waals surface area (Å²) in [5.41, 5.74) is -0.0289. The van der Waals surface area contributed by atoms with Crippen molar-refractivity contribution in [3.05, 3.63) is 35.4 Å². The molecule has 0 radical (unpaired) electrons. The van der Waals surface area contributed by atoms with Crippen molar-refractivity contribution in [3.8, 4) is 0 Å². The third kappa shape index (κ3) is 3.55. The first-order chi connectivity index (χ1) is 9.54. The van der Waals surface area contributed by atoms with Gasteiger partial charge in [-0.15, -0.1) is 0 Å². The third-order valence-electron chi connectivity index (χ3n) is 4.00. The van der Waals surface area contributed by atoms with E-state index in [0.29, 0.717) is 5.56 Å². The summed E-state index contributed by atoms with van der Waals surface area (Å²) in [5, 5.41) is 3.35. The van der Waals surface area contributed by atoms with Crippen LogP contribution in [0.15, 0.2) is 18.2 Å². The van der Waals surface area contributed by atoms with Gasteiger partial charge in [-0.2, -0.15) is 0 Å². The molecule has 0 saturated heterocycles. The Hall–Kier alpha value is -1.00. The van der Waals surface area contributed by atoms with E-state index >= 15 is 0 Å². The molecule has 114 valence electrons. The maximum Gasteiger partial charge on any atom is 0.131 e. The van der Waals surface area contributed by atoms with Crippen molar-refractivity contribution in [3.63, 3.8) is 0 Å². The molecule has 2 nitrogen and oxygen atoms in total. The van der Waals surface area contributed by atoms with Gasteiger partial charge in [-0.3, -0.25) is 0 Å². The number of rotatable bonds is 8. The Morgan fingerprint density at radius 3 is 2.30 bits per heavy atom. The van der Waals surface area contributed by atoms with Crippen LogP contribution in [0.5, 0.6) is 0 Å². The molecule has 4 heteroatoms. The first-order valence-electron chi connectivity index (χ1n) is 7.28. The summed E-state index contributed by atoms with van der Waals surface area (Å²) < 4.78 is 33.0. The van der Waals surface area contributed by atoms with Gasteiger partial charge in [0.1, 0.15) is 11.6 Å². The van der Waals surface area contributed by atoms with E-state index in [0.717, 1.165) is 31.9 Å². The fraction of sp³-hybridized carbons (Fsp3) is 0.625. The fourth-order valence-corrected chi connectivity index (χ4v) is 2.67. The zero-order chi connectivity index (χ0) is 15.2. The zero-order valence-electron chi connectivity index (χ0n) is 12.8. The average molecular weight is 285 g/mol. The minimum absolute atomic E-state index is 0.289. The Balaban J connectivity index is 3.23. The van der Waals surface area contributed by atoms with Crippen molar-refractivity contribution < 1.29 is 13.5 Å². The van der Waals surface area contributed by atoms with Gasteiger partial charge in [-0.1, -0.05) is 26.8 Å². The molecule has 0 fully saturated rings. The van der Waals surface area contributed by atoms with Gasteiger partial charge >= 0.3 is 0 Å². The van der Waals surface area contributed by atoms with Gasteiger partial charge < -0.3 is 10.1 Å². The summed E-state index contributed by atoms with van der Waals surface area (Å²) in [6.45, 7) is 6.86. The highest BCUT2D eigenvalue weighted by Crippen LogP contribution is 2.36. The van der Waals surface area contributed by atoms with Gasteiger partial charge in [0.25, 0.3) is 0 Å². The highest BCUT2D eigenvalue weighted by Gasteiger charge is 2.37. The number of nitrogens with one attached hydrogen (secondary N) is 1. The smallest absolute Gasteiger partial charge is 0.131 e. The average Bonchev–Trinajstić information content (AvgIpc) is 2.45. The molecule has 1 aromatic rings. The van der Waals surface area contributed by atoms with Gasteiger partial charge in [0, 0.05) is 18.7 Å². The molecule has 0 bridgehead atoms. The van der Waals surface area contributed by atoms with Crippen molar-refractivity contribution in [2.45, 2.75) is 51.7 Å². The van der Waals surface area contributed by atoms with Crippen LogP contribution in [0.25, 0.3) is 0 Å². The molecule has 0 heterocycles. The van der Waals surface area contributed by atoms with Crippen LogP contribution in [-0.4, -0.2) is 19.3 Å². The van der Waals surface area contributed by atoms with Crippen molar-refractivity contribution in [1.29, 1.82) is 0 Å². The highest BCUT2D eigenvalue weighted by atomic mass is 19.1. The molecular weight excluding hydrogens is 260 g/mol. The van der Waals surface area contributed by atoms with Crippen LogP contribution >= 0.6 is 0 Å². The number of hydrogen-bond donors (Lipinski definition) is 1. The number of methoxy groups -OCH3 is 1. The molecule has 1 rings (SSSR count). The molecule has 0 saturated carbocycles. The summed E-state index contributed by atoms with van der Waals surface area (Å²) in [5.74, 6) is -1.08. The second-order valence-corrected chi connectivity index (χ2v) is 5.03. The second-order valence-electron chi connectivity index (χ2n) is 5.03. The van der Waals surface area contributed by atoms with E-state index in [9.17, 15) is 8.78 Å². The van der Waals surface area contributed by atoms with Crippen LogP contribution in [0.4, 0.5) is 8.78 Å². The van der Waals surface area contributed by atoms with Crippen molar-refractivity contribution in [2.75, 3.05) is 13.7 Å². The number of benzene rings is 1. The molecule has 1 unspecified atom stereocenters. The monoisotopic (exact) mass is 285 g/mol. The predicted molar refractivity (Wildman–Crippen MR) is 77.7 cm³/mol. The Morgan fingerprint density at radius 2 is 1.85 bits per heavy atom. The zero-order valence-corrected chi connectivity index (χ0v) is 12.8. The summed E-state index contributed by atoms with van der Waals surface area (Å²) in [6.07, 6.45) is 2.43. The van der Waals surface area contributed by atoms with Crippen LogP contribution in [0.3, 0.4) is 0 Å². The van der Waals surface area contributed by atoms with E-state index in [2.05, 4.69) is 12.2 Å². The molecule has 0 spiro atoms. The van der Waals surface area contributed by atoms with E-state index in [1.165, 1.54) is 12.1 Å². The molecule has 0 aliphatic rings. The Labute approximate surface area is 120 Å². The van der Waals surface area contributed by atoms with E-state index < -0.39 is 17.2 Å². The van der Waals surface area contributed by atoms with Gasteiger partial charge in [0.15, 0.2) is 0 Å². The molecule has 20 heavy (non-hydrogen) atoms. The lowest BCUT2D eigenvalue weighted by molar-refractivity contribution is -0.0493. The third-order valence-corrected chi connectivity index (χ3v) is 4.00. The summed E-state index contributed by atoms with van der Waals surface area (Å²) >= 11 is 0. The van der Waals surface area contributed by atoms with Crippen LogP contribution in [0.1, 0.15) is 51.6 Å². The van der Waals surface area contributed by atoms with Crippen LogP contribution in [0.2, 0.25) is 0 Å². The minimum atomic E-state index is -0.559. The van der Waals surface area contributed by atoms with E-state index in [4.69, 9.17) is 4.74 Å². The molecule has 0 aromatic heterocycles. The minimum Gasteiger partial charge on any atom is -0.376 e. The fourth-order valence-electron chi connectivity index (χ4n) is 2.67. The number of halogens is 2. The van der Waals surface area contributed by atoms with E-state index in [1.807, 2.05) is 13.8 Å².